The summed E-state index contributed by atoms with van der Waals surface area (Å²) in [7, 11) is 0. The fourth-order valence-corrected chi connectivity index (χ4v) is 4.30. The van der Waals surface area contributed by atoms with Crippen molar-refractivity contribution in [1.29, 1.82) is 0 Å². The number of anilines is 1. The van der Waals surface area contributed by atoms with Gasteiger partial charge in [0.05, 0.1) is 17.0 Å². The third-order valence-corrected chi connectivity index (χ3v) is 5.68. The maximum absolute atomic E-state index is 13.3. The van der Waals surface area contributed by atoms with Crippen LogP contribution in [0.5, 0.6) is 0 Å². The average molecular weight is 500 g/mol. The summed E-state index contributed by atoms with van der Waals surface area (Å²) in [6, 6.07) is 10.5. The van der Waals surface area contributed by atoms with Crippen LogP contribution in [-0.2, 0) is 11.9 Å². The van der Waals surface area contributed by atoms with Gasteiger partial charge in [0.25, 0.3) is 17.2 Å². The molecule has 1 atom stereocenters. The van der Waals surface area contributed by atoms with Gasteiger partial charge in [-0.15, -0.1) is 0 Å². The normalized spacial score (nSPS) is 21.4. The summed E-state index contributed by atoms with van der Waals surface area (Å²) in [5.41, 5.74) is -2.23. The van der Waals surface area contributed by atoms with Gasteiger partial charge in [0.2, 0.25) is 0 Å². The Balaban J connectivity index is 0.00000272. The van der Waals surface area contributed by atoms with Gasteiger partial charge in [-0.1, -0.05) is 18.2 Å². The monoisotopic (exact) mass is 499 g/mol. The van der Waals surface area contributed by atoms with Crippen molar-refractivity contribution in [3.05, 3.63) is 69.8 Å². The van der Waals surface area contributed by atoms with E-state index in [4.69, 9.17) is 0 Å². The van der Waals surface area contributed by atoms with E-state index < -0.39 is 22.4 Å². The summed E-state index contributed by atoms with van der Waals surface area (Å²) >= 11 is 0. The van der Waals surface area contributed by atoms with Crippen LogP contribution in [0.4, 0.5) is 24.5 Å². The maximum atomic E-state index is 13.3. The van der Waals surface area contributed by atoms with E-state index in [1.165, 1.54) is 35.2 Å². The quantitative estimate of drug-likeness (QED) is 0.392. The van der Waals surface area contributed by atoms with Crippen LogP contribution in [0.1, 0.15) is 36.8 Å². The number of nitro benzene ring substituents is 1. The number of non-ortho nitro benzene ring substituents is 1. The van der Waals surface area contributed by atoms with Crippen molar-refractivity contribution in [3.8, 4) is 0 Å². The lowest BCUT2D eigenvalue weighted by molar-refractivity contribution is -0.534. The second kappa shape index (κ2) is 8.58. The Labute approximate surface area is 187 Å². The zero-order valence-corrected chi connectivity index (χ0v) is 18.1. The second-order valence-electron chi connectivity index (χ2n) is 7.66. The molecule has 0 saturated carbocycles. The molecule has 10 heteroatoms. The van der Waals surface area contributed by atoms with Crippen molar-refractivity contribution >= 4 is 17.2 Å². The Morgan fingerprint density at radius 3 is 2.55 bits per heavy atom. The van der Waals surface area contributed by atoms with Crippen LogP contribution < -0.4 is 21.9 Å². The van der Waals surface area contributed by atoms with E-state index in [1.807, 2.05) is 4.58 Å². The van der Waals surface area contributed by atoms with Gasteiger partial charge in [-0.2, -0.15) is 18.1 Å². The lowest BCUT2D eigenvalue weighted by atomic mass is 9.99. The predicted molar refractivity (Wildman–Crippen MR) is 104 cm³/mol. The molecule has 4 rings (SSSR count). The highest BCUT2D eigenvalue weighted by molar-refractivity contribution is 5.97. The van der Waals surface area contributed by atoms with Gasteiger partial charge in [0.1, 0.15) is 5.69 Å². The first-order chi connectivity index (χ1) is 14.2. The fourth-order valence-electron chi connectivity index (χ4n) is 4.30. The zero-order chi connectivity index (χ0) is 21.5. The Bertz CT molecular complexity index is 1030. The molecule has 0 amide bonds. The Morgan fingerprint density at radius 2 is 1.84 bits per heavy atom. The molecule has 0 saturated heterocycles. The smallest absolute Gasteiger partial charge is 0.416 e. The second-order valence-corrected chi connectivity index (χ2v) is 7.66. The number of nitrogens with zero attached hydrogens (tertiary/aromatic N) is 3. The summed E-state index contributed by atoms with van der Waals surface area (Å²) in [5, 5.41) is 23.0. The highest BCUT2D eigenvalue weighted by Gasteiger charge is 2.54. The molecule has 2 heterocycles. The molecular formula is C21H21BrF3N3O3. The standard InChI is InChI=1S/C21H21F3N3O3.BrH/c22-21(23,24)16-7-5-8-17(13-16)26-19-10-2-1-3-11-25(19)14-20(26,28)15-6-4-9-18(12-15)27(29)30;/h4-9,12-13,28H,1-3,10-11,14H2;1H/q+1;/p-1. The molecule has 166 valence electrons. The predicted octanol–water partition coefficient (Wildman–Crippen LogP) is 1.27. The third-order valence-electron chi connectivity index (χ3n) is 5.68. The molecule has 31 heavy (non-hydrogen) atoms. The van der Waals surface area contributed by atoms with Crippen molar-refractivity contribution in [2.75, 3.05) is 18.0 Å². The zero-order valence-electron chi connectivity index (χ0n) is 16.5. The van der Waals surface area contributed by atoms with Crippen LogP contribution in [0, 0.1) is 10.1 Å². The van der Waals surface area contributed by atoms with Crippen molar-refractivity contribution < 1.29 is 44.8 Å². The average Bonchev–Trinajstić information content (AvgIpc) is 2.83. The van der Waals surface area contributed by atoms with Crippen molar-refractivity contribution in [1.82, 2.24) is 0 Å². The van der Waals surface area contributed by atoms with Crippen LogP contribution >= 0.6 is 0 Å². The first kappa shape index (κ1) is 23.2. The van der Waals surface area contributed by atoms with E-state index in [0.717, 1.165) is 37.2 Å². The number of halogens is 4. The minimum atomic E-state index is -4.52. The van der Waals surface area contributed by atoms with Crippen LogP contribution in [0.2, 0.25) is 0 Å². The molecule has 1 N–H and O–H groups in total. The first-order valence-corrected chi connectivity index (χ1v) is 9.76. The van der Waals surface area contributed by atoms with Crippen LogP contribution in [0.3, 0.4) is 0 Å². The summed E-state index contributed by atoms with van der Waals surface area (Å²) in [6.07, 6.45) is -1.16. The lowest BCUT2D eigenvalue weighted by Crippen LogP contribution is -3.00. The number of hydrogen-bond donors (Lipinski definition) is 1. The Morgan fingerprint density at radius 1 is 1.10 bits per heavy atom. The minimum absolute atomic E-state index is 0. The van der Waals surface area contributed by atoms with E-state index in [-0.39, 0.29) is 40.5 Å². The van der Waals surface area contributed by atoms with Gasteiger partial charge in [0, 0.05) is 24.1 Å². The molecule has 1 unspecified atom stereocenters. The van der Waals surface area contributed by atoms with E-state index >= 15 is 0 Å². The number of aliphatic hydroxyl groups is 1. The summed E-state index contributed by atoms with van der Waals surface area (Å²) < 4.78 is 42.0. The summed E-state index contributed by atoms with van der Waals surface area (Å²) in [5.74, 6) is 0.737. The summed E-state index contributed by atoms with van der Waals surface area (Å²) in [4.78, 5) is 12.2. The number of hydrogen-bond acceptors (Lipinski definition) is 4. The molecular weight excluding hydrogens is 479 g/mol. The Hall–Kier alpha value is -2.46. The summed E-state index contributed by atoms with van der Waals surface area (Å²) in [6.45, 7) is 0.793. The molecule has 2 aliphatic heterocycles. The van der Waals surface area contributed by atoms with Gasteiger partial charge in [-0.25, -0.2) is 0 Å². The molecule has 2 aliphatic rings. The molecule has 0 radical (unpaired) electrons. The van der Waals surface area contributed by atoms with E-state index in [0.29, 0.717) is 13.0 Å². The van der Waals surface area contributed by atoms with Crippen molar-refractivity contribution in [2.45, 2.75) is 37.6 Å². The highest BCUT2D eigenvalue weighted by atomic mass is 79.9. The number of amidine groups is 1. The minimum Gasteiger partial charge on any atom is -1.00 e. The third kappa shape index (κ3) is 4.31. The van der Waals surface area contributed by atoms with E-state index in [1.54, 1.807) is 6.07 Å². The number of alkyl halides is 3. The van der Waals surface area contributed by atoms with Gasteiger partial charge >= 0.3 is 6.18 Å². The highest BCUT2D eigenvalue weighted by Crippen LogP contribution is 2.40. The number of rotatable bonds is 3. The van der Waals surface area contributed by atoms with Gasteiger partial charge in [-0.3, -0.25) is 14.7 Å². The molecule has 6 nitrogen and oxygen atoms in total. The fraction of sp³-hybridized carbons (Fsp3) is 0.381. The van der Waals surface area contributed by atoms with Crippen LogP contribution in [0.25, 0.3) is 0 Å². The van der Waals surface area contributed by atoms with Gasteiger partial charge in [-0.05, 0) is 37.5 Å². The molecule has 2 aromatic carbocycles. The van der Waals surface area contributed by atoms with Crippen LogP contribution in [0.15, 0.2) is 48.5 Å². The molecule has 2 aromatic rings. The largest absolute Gasteiger partial charge is 1.00 e. The topological polar surface area (TPSA) is 69.6 Å². The SMILES string of the molecule is O=[N+]([O-])c1cccc(C2(O)C[N+]3=C(CCCCC3)N2c2cccc(C(F)(F)F)c2)c1.[Br-]. The van der Waals surface area contributed by atoms with Gasteiger partial charge in [0.15, 0.2) is 6.54 Å². The first-order valence-electron chi connectivity index (χ1n) is 9.76. The van der Waals surface area contributed by atoms with Gasteiger partial charge < -0.3 is 22.1 Å². The van der Waals surface area contributed by atoms with E-state index in [2.05, 4.69) is 0 Å². The molecule has 0 bridgehead atoms. The van der Waals surface area contributed by atoms with E-state index in [9.17, 15) is 28.4 Å². The molecule has 0 aliphatic carbocycles. The maximum Gasteiger partial charge on any atom is 0.416 e. The molecule has 0 spiro atoms. The molecule has 0 fully saturated rings. The van der Waals surface area contributed by atoms with Crippen molar-refractivity contribution in [3.63, 3.8) is 0 Å². The number of nitro groups is 1. The Kier molecular flexibility index (Phi) is 6.43. The lowest BCUT2D eigenvalue weighted by Gasteiger charge is -2.29. The number of benzene rings is 2. The van der Waals surface area contributed by atoms with Crippen molar-refractivity contribution in [2.24, 2.45) is 0 Å². The molecule has 0 aromatic heterocycles. The van der Waals surface area contributed by atoms with Crippen LogP contribution in [-0.4, -0.2) is 33.5 Å².